The molecule has 9 heteroatoms. The summed E-state index contributed by atoms with van der Waals surface area (Å²) in [5, 5.41) is 0.769. The molecule has 1 aromatic carbocycles. The minimum atomic E-state index is -2.92. The van der Waals surface area contributed by atoms with Gasteiger partial charge in [0.2, 0.25) is 5.88 Å². The van der Waals surface area contributed by atoms with Crippen LogP contribution in [0.4, 0.5) is 8.78 Å². The molecule has 154 valence electrons. The second-order valence-electron chi connectivity index (χ2n) is 7.05. The topological polar surface area (TPSA) is 71.2 Å². The summed E-state index contributed by atoms with van der Waals surface area (Å²) in [5.74, 6) is 0.404. The third kappa shape index (κ3) is 3.06. The van der Waals surface area contributed by atoms with Crippen molar-refractivity contribution in [2.24, 2.45) is 0 Å². The van der Waals surface area contributed by atoms with Gasteiger partial charge in [0.25, 0.3) is 5.56 Å². The molecule has 7 nitrogen and oxygen atoms in total. The molecular formula is C21H18F2N4O3. The smallest absolute Gasteiger partial charge is 0.387 e. The summed E-state index contributed by atoms with van der Waals surface area (Å²) in [5.41, 5.74) is 1.65. The van der Waals surface area contributed by atoms with Gasteiger partial charge in [-0.15, -0.1) is 0 Å². The van der Waals surface area contributed by atoms with E-state index >= 15 is 0 Å². The number of hydrogen-bond donors (Lipinski definition) is 0. The van der Waals surface area contributed by atoms with Crippen molar-refractivity contribution in [1.82, 2.24) is 19.1 Å². The summed E-state index contributed by atoms with van der Waals surface area (Å²) >= 11 is 0. The second-order valence-corrected chi connectivity index (χ2v) is 7.05. The van der Waals surface area contributed by atoms with Crippen LogP contribution in [0.3, 0.4) is 0 Å². The molecule has 1 aliphatic rings. The Bertz CT molecular complexity index is 1290. The predicted molar refractivity (Wildman–Crippen MR) is 107 cm³/mol. The SMILES string of the molecule is CCOc1ccc2c3c(ncn3C3CC3)c(=O)n(-c3ccc(OC(F)F)cc3)c2n1. The van der Waals surface area contributed by atoms with Gasteiger partial charge in [0.15, 0.2) is 11.2 Å². The van der Waals surface area contributed by atoms with E-state index in [1.54, 1.807) is 12.4 Å². The summed E-state index contributed by atoms with van der Waals surface area (Å²) < 4.78 is 38.3. The van der Waals surface area contributed by atoms with Gasteiger partial charge < -0.3 is 14.0 Å². The summed E-state index contributed by atoms with van der Waals surface area (Å²) in [4.78, 5) is 22.3. The maximum absolute atomic E-state index is 13.4. The highest BCUT2D eigenvalue weighted by atomic mass is 19.3. The molecule has 0 saturated heterocycles. The molecule has 3 aromatic heterocycles. The number of nitrogens with zero attached hydrogens (tertiary/aromatic N) is 4. The van der Waals surface area contributed by atoms with E-state index in [2.05, 4.69) is 14.7 Å². The summed E-state index contributed by atoms with van der Waals surface area (Å²) in [6, 6.07) is 9.84. The zero-order valence-electron chi connectivity index (χ0n) is 16.1. The number of rotatable bonds is 6. The molecule has 0 unspecified atom stereocenters. The van der Waals surface area contributed by atoms with Gasteiger partial charge in [0, 0.05) is 17.5 Å². The maximum atomic E-state index is 13.4. The van der Waals surface area contributed by atoms with Crippen molar-refractivity contribution in [3.63, 3.8) is 0 Å². The Morgan fingerprint density at radius 2 is 1.93 bits per heavy atom. The molecular weight excluding hydrogens is 394 g/mol. The average Bonchev–Trinajstić information content (AvgIpc) is 3.47. The zero-order chi connectivity index (χ0) is 20.8. The monoisotopic (exact) mass is 412 g/mol. The largest absolute Gasteiger partial charge is 0.478 e. The van der Waals surface area contributed by atoms with Crippen LogP contribution in [0.15, 0.2) is 47.5 Å². The van der Waals surface area contributed by atoms with Gasteiger partial charge in [-0.1, -0.05) is 0 Å². The summed E-state index contributed by atoms with van der Waals surface area (Å²) in [7, 11) is 0. The number of ether oxygens (including phenoxy) is 2. The summed E-state index contributed by atoms with van der Waals surface area (Å²) in [6.07, 6.45) is 3.79. The van der Waals surface area contributed by atoms with Crippen LogP contribution in [0.5, 0.6) is 11.6 Å². The van der Waals surface area contributed by atoms with Crippen molar-refractivity contribution >= 4 is 22.1 Å². The first kappa shape index (κ1) is 18.5. The number of fused-ring (bicyclic) bond motifs is 3. The van der Waals surface area contributed by atoms with Gasteiger partial charge in [0.05, 0.1) is 24.1 Å². The van der Waals surface area contributed by atoms with Crippen LogP contribution < -0.4 is 15.0 Å². The molecule has 0 bridgehead atoms. The number of pyridine rings is 2. The van der Waals surface area contributed by atoms with E-state index in [0.29, 0.717) is 35.4 Å². The Morgan fingerprint density at radius 3 is 2.60 bits per heavy atom. The molecule has 30 heavy (non-hydrogen) atoms. The van der Waals surface area contributed by atoms with Crippen LogP contribution in [0.2, 0.25) is 0 Å². The molecule has 3 heterocycles. The number of hydrogen-bond acceptors (Lipinski definition) is 5. The molecule has 1 aliphatic carbocycles. The first-order chi connectivity index (χ1) is 14.6. The third-order valence-corrected chi connectivity index (χ3v) is 5.07. The van der Waals surface area contributed by atoms with Gasteiger partial charge >= 0.3 is 6.61 Å². The molecule has 0 spiro atoms. The standard InChI is InChI=1S/C21H18F2N4O3/c1-2-29-16-10-9-15-18-17(24-11-26(18)12-3-4-12)20(28)27(19(15)25-16)13-5-7-14(8-6-13)30-21(22)23/h5-12,21H,2-4H2,1H3. The molecule has 0 radical (unpaired) electrons. The summed E-state index contributed by atoms with van der Waals surface area (Å²) in [6.45, 7) is -0.631. The van der Waals surface area contributed by atoms with E-state index in [9.17, 15) is 13.6 Å². The number of imidazole rings is 1. The lowest BCUT2D eigenvalue weighted by atomic mass is 10.2. The Hall–Kier alpha value is -3.49. The first-order valence-corrected chi connectivity index (χ1v) is 9.67. The van der Waals surface area contributed by atoms with Gasteiger partial charge in [-0.2, -0.15) is 13.8 Å². The van der Waals surface area contributed by atoms with Crippen molar-refractivity contribution < 1.29 is 18.3 Å². The number of aromatic nitrogens is 4. The molecule has 1 fully saturated rings. The van der Waals surface area contributed by atoms with Crippen LogP contribution in [-0.4, -0.2) is 32.3 Å². The van der Waals surface area contributed by atoms with E-state index in [-0.39, 0.29) is 11.3 Å². The minimum Gasteiger partial charge on any atom is -0.478 e. The van der Waals surface area contributed by atoms with Gasteiger partial charge in [-0.05, 0) is 50.1 Å². The van der Waals surface area contributed by atoms with Crippen LogP contribution in [0, 0.1) is 0 Å². The van der Waals surface area contributed by atoms with E-state index in [1.165, 1.54) is 28.8 Å². The maximum Gasteiger partial charge on any atom is 0.387 e. The number of alkyl halides is 2. The van der Waals surface area contributed by atoms with Gasteiger partial charge in [0.1, 0.15) is 5.75 Å². The van der Waals surface area contributed by atoms with Crippen molar-refractivity contribution in [2.45, 2.75) is 32.4 Å². The average molecular weight is 412 g/mol. The van der Waals surface area contributed by atoms with E-state index in [0.717, 1.165) is 23.7 Å². The Balaban J connectivity index is 1.78. The van der Waals surface area contributed by atoms with Crippen molar-refractivity contribution in [3.05, 3.63) is 53.1 Å². The highest BCUT2D eigenvalue weighted by molar-refractivity contribution is 6.01. The van der Waals surface area contributed by atoms with Crippen LogP contribution in [-0.2, 0) is 0 Å². The predicted octanol–water partition coefficient (Wildman–Crippen LogP) is 4.07. The molecule has 0 amide bonds. The third-order valence-electron chi connectivity index (χ3n) is 5.07. The van der Waals surface area contributed by atoms with Gasteiger partial charge in [-0.25, -0.2) is 4.98 Å². The fourth-order valence-corrected chi connectivity index (χ4v) is 3.65. The minimum absolute atomic E-state index is 0.00755. The Kier molecular flexibility index (Phi) is 4.38. The van der Waals surface area contributed by atoms with Crippen LogP contribution >= 0.6 is 0 Å². The van der Waals surface area contributed by atoms with Gasteiger partial charge in [-0.3, -0.25) is 9.36 Å². The van der Waals surface area contributed by atoms with Crippen LogP contribution in [0.25, 0.3) is 27.8 Å². The van der Waals surface area contributed by atoms with E-state index in [4.69, 9.17) is 4.74 Å². The fourth-order valence-electron chi connectivity index (χ4n) is 3.65. The normalized spacial score (nSPS) is 14.0. The Morgan fingerprint density at radius 1 is 1.17 bits per heavy atom. The lowest BCUT2D eigenvalue weighted by molar-refractivity contribution is -0.0498. The highest BCUT2D eigenvalue weighted by Crippen LogP contribution is 2.38. The first-order valence-electron chi connectivity index (χ1n) is 9.67. The highest BCUT2D eigenvalue weighted by Gasteiger charge is 2.28. The van der Waals surface area contributed by atoms with Crippen LogP contribution in [0.1, 0.15) is 25.8 Å². The molecule has 5 rings (SSSR count). The lowest BCUT2D eigenvalue weighted by Crippen LogP contribution is -2.20. The number of benzene rings is 1. The molecule has 4 aromatic rings. The molecule has 0 atom stereocenters. The number of halogens is 2. The zero-order valence-corrected chi connectivity index (χ0v) is 16.1. The quantitative estimate of drug-likeness (QED) is 0.477. The Labute approximate surface area is 169 Å². The molecule has 0 aliphatic heterocycles. The van der Waals surface area contributed by atoms with Crippen molar-refractivity contribution in [2.75, 3.05) is 6.61 Å². The second kappa shape index (κ2) is 7.08. The van der Waals surface area contributed by atoms with Crippen molar-refractivity contribution in [1.29, 1.82) is 0 Å². The lowest BCUT2D eigenvalue weighted by Gasteiger charge is -2.14. The fraction of sp³-hybridized carbons (Fsp3) is 0.286. The molecule has 1 saturated carbocycles. The molecule has 0 N–H and O–H groups in total. The van der Waals surface area contributed by atoms with E-state index in [1.807, 2.05) is 17.6 Å². The van der Waals surface area contributed by atoms with Crippen molar-refractivity contribution in [3.8, 4) is 17.3 Å². The van der Waals surface area contributed by atoms with E-state index < -0.39 is 6.61 Å².